The molecule has 2 saturated carbocycles. The van der Waals surface area contributed by atoms with Crippen molar-refractivity contribution in [1.82, 2.24) is 10.3 Å². The third-order valence-electron chi connectivity index (χ3n) is 3.90. The molecule has 0 aromatic carbocycles. The highest BCUT2D eigenvalue weighted by atomic mass is 32.1. The highest BCUT2D eigenvalue weighted by Gasteiger charge is 2.42. The molecule has 2 fully saturated rings. The summed E-state index contributed by atoms with van der Waals surface area (Å²) in [5, 5.41) is 7.33. The van der Waals surface area contributed by atoms with Gasteiger partial charge >= 0.3 is 0 Å². The number of rotatable bonds is 3. The van der Waals surface area contributed by atoms with Crippen molar-refractivity contribution in [2.75, 3.05) is 0 Å². The number of thiazole rings is 1. The second kappa shape index (κ2) is 4.11. The smallest absolute Gasteiger partial charge is 0.113 e. The topological polar surface area (TPSA) is 24.9 Å². The molecule has 1 heterocycles. The molecule has 16 heavy (non-hydrogen) atoms. The molecule has 2 nitrogen and oxygen atoms in total. The van der Waals surface area contributed by atoms with Gasteiger partial charge < -0.3 is 5.32 Å². The summed E-state index contributed by atoms with van der Waals surface area (Å²) in [5.74, 6) is 0.837. The minimum absolute atomic E-state index is 0.215. The number of nitrogens with one attached hydrogen (secondary N) is 1. The van der Waals surface area contributed by atoms with E-state index < -0.39 is 0 Å². The van der Waals surface area contributed by atoms with Crippen molar-refractivity contribution in [1.29, 1.82) is 0 Å². The zero-order valence-corrected chi connectivity index (χ0v) is 10.7. The molecule has 0 spiro atoms. The lowest BCUT2D eigenvalue weighted by atomic mass is 9.76. The Morgan fingerprint density at radius 2 is 2.31 bits per heavy atom. The first kappa shape index (κ1) is 10.7. The van der Waals surface area contributed by atoms with Crippen LogP contribution in [0.25, 0.3) is 0 Å². The van der Waals surface area contributed by atoms with Gasteiger partial charge in [0, 0.05) is 17.6 Å². The average molecular weight is 236 g/mol. The van der Waals surface area contributed by atoms with E-state index in [4.69, 9.17) is 0 Å². The lowest BCUT2D eigenvalue weighted by molar-refractivity contribution is 0.184. The summed E-state index contributed by atoms with van der Waals surface area (Å²) in [5.41, 5.74) is 0.215. The Balaban J connectivity index is 1.86. The van der Waals surface area contributed by atoms with Crippen LogP contribution in [0.3, 0.4) is 0 Å². The van der Waals surface area contributed by atoms with Crippen LogP contribution in [0, 0.1) is 5.92 Å². The molecule has 1 N–H and O–H groups in total. The third-order valence-corrected chi connectivity index (χ3v) is 4.87. The third kappa shape index (κ3) is 2.03. The van der Waals surface area contributed by atoms with Gasteiger partial charge in [-0.25, -0.2) is 4.98 Å². The summed E-state index contributed by atoms with van der Waals surface area (Å²) in [4.78, 5) is 4.58. The van der Waals surface area contributed by atoms with Crippen molar-refractivity contribution in [2.24, 2.45) is 5.92 Å². The second-order valence-corrected chi connectivity index (χ2v) is 6.43. The predicted molar refractivity (Wildman–Crippen MR) is 67.6 cm³/mol. The molecule has 2 atom stereocenters. The Hall–Kier alpha value is -0.410. The highest BCUT2D eigenvalue weighted by molar-refractivity contribution is 7.09. The Morgan fingerprint density at radius 3 is 2.94 bits per heavy atom. The van der Waals surface area contributed by atoms with E-state index in [1.54, 1.807) is 0 Å². The largest absolute Gasteiger partial charge is 0.303 e. The Bertz CT molecular complexity index is 341. The average Bonchev–Trinajstić information content (AvgIpc) is 2.90. The number of aromatic nitrogens is 1. The molecule has 2 aliphatic carbocycles. The van der Waals surface area contributed by atoms with E-state index in [9.17, 15) is 0 Å². The Morgan fingerprint density at radius 1 is 1.44 bits per heavy atom. The van der Waals surface area contributed by atoms with Gasteiger partial charge in [-0.3, -0.25) is 0 Å². The summed E-state index contributed by atoms with van der Waals surface area (Å²) in [6.07, 6.45) is 9.97. The monoisotopic (exact) mass is 236 g/mol. The van der Waals surface area contributed by atoms with Crippen LogP contribution in [0.5, 0.6) is 0 Å². The molecule has 2 aliphatic rings. The van der Waals surface area contributed by atoms with E-state index in [1.807, 2.05) is 17.5 Å². The number of nitrogens with zero attached hydrogens (tertiary/aromatic N) is 1. The van der Waals surface area contributed by atoms with Gasteiger partial charge in [-0.2, -0.15) is 0 Å². The molecule has 1 aromatic rings. The van der Waals surface area contributed by atoms with Crippen molar-refractivity contribution in [2.45, 2.75) is 57.0 Å². The number of hydrogen-bond acceptors (Lipinski definition) is 3. The summed E-state index contributed by atoms with van der Waals surface area (Å²) < 4.78 is 0. The van der Waals surface area contributed by atoms with Crippen LogP contribution in [0.1, 0.15) is 50.5 Å². The van der Waals surface area contributed by atoms with Gasteiger partial charge in [0.2, 0.25) is 0 Å². The summed E-state index contributed by atoms with van der Waals surface area (Å²) in [6.45, 7) is 2.39. The molecule has 0 aliphatic heterocycles. The van der Waals surface area contributed by atoms with Crippen LogP contribution < -0.4 is 5.32 Å². The van der Waals surface area contributed by atoms with Crippen LogP contribution in [0.15, 0.2) is 11.6 Å². The fourth-order valence-electron chi connectivity index (χ4n) is 3.02. The van der Waals surface area contributed by atoms with E-state index in [1.165, 1.54) is 43.5 Å². The van der Waals surface area contributed by atoms with Crippen LogP contribution >= 0.6 is 11.3 Å². The summed E-state index contributed by atoms with van der Waals surface area (Å²) >= 11 is 1.83. The van der Waals surface area contributed by atoms with Crippen LogP contribution in [-0.4, -0.2) is 11.0 Å². The van der Waals surface area contributed by atoms with Gasteiger partial charge in [0.1, 0.15) is 5.01 Å². The molecule has 3 rings (SSSR count). The maximum atomic E-state index is 4.58. The molecule has 2 unspecified atom stereocenters. The maximum Gasteiger partial charge on any atom is 0.113 e. The molecule has 0 bridgehead atoms. The first-order chi connectivity index (χ1) is 7.78. The van der Waals surface area contributed by atoms with Crippen molar-refractivity contribution in [3.63, 3.8) is 0 Å². The minimum atomic E-state index is 0.215. The Labute approximate surface area is 101 Å². The van der Waals surface area contributed by atoms with Gasteiger partial charge in [0.05, 0.1) is 5.54 Å². The van der Waals surface area contributed by atoms with Crippen LogP contribution in [-0.2, 0) is 5.54 Å². The molecule has 0 saturated heterocycles. The second-order valence-electron chi connectivity index (χ2n) is 5.54. The molecule has 0 radical (unpaired) electrons. The molecular weight excluding hydrogens is 216 g/mol. The van der Waals surface area contributed by atoms with E-state index in [-0.39, 0.29) is 5.54 Å². The standard InChI is InChI=1S/C13H20N2S/c1-10-3-2-6-13(9-10,15-11-4-5-11)12-14-7-8-16-12/h7-8,10-11,15H,2-6,9H2,1H3. The number of hydrogen-bond donors (Lipinski definition) is 1. The molecule has 3 heteroatoms. The Kier molecular flexibility index (Phi) is 2.76. The maximum absolute atomic E-state index is 4.58. The fraction of sp³-hybridized carbons (Fsp3) is 0.769. The van der Waals surface area contributed by atoms with E-state index in [2.05, 4.69) is 22.6 Å². The molecule has 1 aromatic heterocycles. The predicted octanol–water partition coefficient (Wildman–Crippen LogP) is 3.30. The van der Waals surface area contributed by atoms with E-state index in [0.29, 0.717) is 0 Å². The van der Waals surface area contributed by atoms with Crippen molar-refractivity contribution >= 4 is 11.3 Å². The molecule has 88 valence electrons. The van der Waals surface area contributed by atoms with Crippen molar-refractivity contribution in [3.8, 4) is 0 Å². The first-order valence-electron chi connectivity index (χ1n) is 6.46. The van der Waals surface area contributed by atoms with Crippen molar-refractivity contribution in [3.05, 3.63) is 16.6 Å². The molecule has 0 amide bonds. The van der Waals surface area contributed by atoms with Crippen molar-refractivity contribution < 1.29 is 0 Å². The van der Waals surface area contributed by atoms with Gasteiger partial charge in [-0.1, -0.05) is 19.8 Å². The van der Waals surface area contributed by atoms with E-state index >= 15 is 0 Å². The first-order valence-corrected chi connectivity index (χ1v) is 7.34. The highest BCUT2D eigenvalue weighted by Crippen LogP contribution is 2.42. The fourth-order valence-corrected chi connectivity index (χ4v) is 3.86. The quantitative estimate of drug-likeness (QED) is 0.871. The van der Waals surface area contributed by atoms with Gasteiger partial charge in [-0.05, 0) is 31.6 Å². The van der Waals surface area contributed by atoms with Gasteiger partial charge in [0.15, 0.2) is 0 Å². The summed E-state index contributed by atoms with van der Waals surface area (Å²) in [7, 11) is 0. The summed E-state index contributed by atoms with van der Waals surface area (Å²) in [6, 6.07) is 0.772. The SMILES string of the molecule is CC1CCCC(NC2CC2)(c2nccs2)C1. The van der Waals surface area contributed by atoms with Crippen LogP contribution in [0.2, 0.25) is 0 Å². The van der Waals surface area contributed by atoms with E-state index in [0.717, 1.165) is 12.0 Å². The zero-order chi connectivity index (χ0) is 11.0. The normalized spacial score (nSPS) is 35.2. The minimum Gasteiger partial charge on any atom is -0.303 e. The van der Waals surface area contributed by atoms with Gasteiger partial charge in [-0.15, -0.1) is 11.3 Å². The zero-order valence-electron chi connectivity index (χ0n) is 9.91. The van der Waals surface area contributed by atoms with Crippen LogP contribution in [0.4, 0.5) is 0 Å². The van der Waals surface area contributed by atoms with Gasteiger partial charge in [0.25, 0.3) is 0 Å². The lowest BCUT2D eigenvalue weighted by Gasteiger charge is -2.39. The lowest BCUT2D eigenvalue weighted by Crippen LogP contribution is -2.46. The molecular formula is C13H20N2S.